The molecular weight excluding hydrogens is 330 g/mol. The number of nitrogens with zero attached hydrogens (tertiary/aromatic N) is 1. The third-order valence-electron chi connectivity index (χ3n) is 4.94. The fourth-order valence-corrected chi connectivity index (χ4v) is 3.06. The first-order valence-electron chi connectivity index (χ1n) is 9.02. The van der Waals surface area contributed by atoms with Crippen LogP contribution < -0.4 is 10.2 Å². The number of morpholine rings is 1. The number of hydrogen-bond donors (Lipinski definition) is 2. The molecule has 0 aromatic heterocycles. The Morgan fingerprint density at radius 1 is 1.15 bits per heavy atom. The van der Waals surface area contributed by atoms with Crippen molar-refractivity contribution in [3.05, 3.63) is 42.5 Å². The van der Waals surface area contributed by atoms with Crippen molar-refractivity contribution in [2.75, 3.05) is 45.2 Å². The minimum atomic E-state index is -0.327. The van der Waals surface area contributed by atoms with Gasteiger partial charge in [0.05, 0.1) is 20.3 Å². The third-order valence-corrected chi connectivity index (χ3v) is 4.94. The van der Waals surface area contributed by atoms with Gasteiger partial charge in [-0.25, -0.2) is 0 Å². The molecule has 1 aliphatic heterocycles. The van der Waals surface area contributed by atoms with Crippen molar-refractivity contribution in [1.82, 2.24) is 4.90 Å². The Bertz CT molecular complexity index is 787. The summed E-state index contributed by atoms with van der Waals surface area (Å²) in [5.41, 5.74) is 0.771. The average Bonchev–Trinajstić information content (AvgIpc) is 2.67. The van der Waals surface area contributed by atoms with Gasteiger partial charge in [0.1, 0.15) is 0 Å². The lowest BCUT2D eigenvalue weighted by molar-refractivity contribution is -0.886. The fraction of sp³-hybridized carbons (Fsp3) is 0.400. The number of benzene rings is 2. The van der Waals surface area contributed by atoms with E-state index in [9.17, 15) is 9.59 Å². The van der Waals surface area contributed by atoms with Crippen LogP contribution in [0, 0.1) is 0 Å². The molecule has 0 radical (unpaired) electrons. The van der Waals surface area contributed by atoms with Crippen LogP contribution in [0.2, 0.25) is 0 Å². The van der Waals surface area contributed by atoms with Gasteiger partial charge in [-0.05, 0) is 29.8 Å². The zero-order valence-corrected chi connectivity index (χ0v) is 15.3. The molecular formula is C20H26N3O3+. The lowest BCUT2D eigenvalue weighted by Gasteiger charge is -2.28. The quantitative estimate of drug-likeness (QED) is 0.822. The number of carbonyl (C=O) groups is 2. The van der Waals surface area contributed by atoms with Gasteiger partial charge in [-0.2, -0.15) is 0 Å². The van der Waals surface area contributed by atoms with Gasteiger partial charge >= 0.3 is 0 Å². The van der Waals surface area contributed by atoms with E-state index in [4.69, 9.17) is 4.74 Å². The summed E-state index contributed by atoms with van der Waals surface area (Å²) in [6.45, 7) is 4.57. The topological polar surface area (TPSA) is 63.1 Å². The van der Waals surface area contributed by atoms with Crippen molar-refractivity contribution >= 4 is 28.3 Å². The van der Waals surface area contributed by atoms with Crippen LogP contribution in [-0.4, -0.2) is 62.7 Å². The van der Waals surface area contributed by atoms with Crippen LogP contribution in [0.4, 0.5) is 5.69 Å². The number of carbonyl (C=O) groups excluding carboxylic acids is 2. The number of quaternary nitrogens is 1. The predicted molar refractivity (Wildman–Crippen MR) is 101 cm³/mol. The summed E-state index contributed by atoms with van der Waals surface area (Å²) in [5.74, 6) is -0.0243. The second-order valence-corrected chi connectivity index (χ2v) is 6.79. The normalized spacial score (nSPS) is 16.9. The lowest BCUT2D eigenvalue weighted by atomic mass is 10.1. The van der Waals surface area contributed by atoms with Crippen LogP contribution in [0.5, 0.6) is 0 Å². The van der Waals surface area contributed by atoms with E-state index < -0.39 is 0 Å². The molecule has 0 bridgehead atoms. The van der Waals surface area contributed by atoms with Gasteiger partial charge < -0.3 is 19.9 Å². The maximum atomic E-state index is 12.6. The molecule has 1 heterocycles. The van der Waals surface area contributed by atoms with Crippen molar-refractivity contribution in [2.45, 2.75) is 13.0 Å². The number of amides is 2. The molecule has 26 heavy (non-hydrogen) atoms. The highest BCUT2D eigenvalue weighted by atomic mass is 16.5. The van der Waals surface area contributed by atoms with Gasteiger partial charge in [-0.15, -0.1) is 0 Å². The third kappa shape index (κ3) is 4.39. The van der Waals surface area contributed by atoms with Crippen LogP contribution in [0.25, 0.3) is 10.8 Å². The van der Waals surface area contributed by atoms with Crippen LogP contribution in [0.3, 0.4) is 0 Å². The molecule has 1 unspecified atom stereocenters. The molecule has 2 amide bonds. The molecule has 1 aliphatic rings. The molecule has 0 saturated carbocycles. The number of anilines is 1. The van der Waals surface area contributed by atoms with E-state index in [2.05, 4.69) is 5.32 Å². The van der Waals surface area contributed by atoms with Crippen molar-refractivity contribution < 1.29 is 19.2 Å². The first-order valence-corrected chi connectivity index (χ1v) is 9.02. The first-order chi connectivity index (χ1) is 12.5. The van der Waals surface area contributed by atoms with Crippen molar-refractivity contribution in [3.8, 4) is 0 Å². The summed E-state index contributed by atoms with van der Waals surface area (Å²) < 4.78 is 5.27. The Morgan fingerprint density at radius 2 is 1.85 bits per heavy atom. The Labute approximate surface area is 153 Å². The number of nitrogens with one attached hydrogen (secondary N) is 2. The first kappa shape index (κ1) is 18.4. The number of likely N-dealkylation sites (N-methyl/N-ethyl adjacent to an activating group) is 1. The Kier molecular flexibility index (Phi) is 5.85. The molecule has 6 nitrogen and oxygen atoms in total. The number of fused-ring (bicyclic) bond motifs is 1. The van der Waals surface area contributed by atoms with Gasteiger partial charge in [-0.1, -0.05) is 30.3 Å². The Balaban J connectivity index is 1.58. The summed E-state index contributed by atoms with van der Waals surface area (Å²) >= 11 is 0. The van der Waals surface area contributed by atoms with E-state index >= 15 is 0 Å². The molecule has 138 valence electrons. The zero-order chi connectivity index (χ0) is 18.5. The molecule has 1 fully saturated rings. The summed E-state index contributed by atoms with van der Waals surface area (Å²) in [6, 6.07) is 13.6. The Morgan fingerprint density at radius 3 is 2.58 bits per heavy atom. The number of ether oxygens (including phenoxy) is 1. The zero-order valence-electron chi connectivity index (χ0n) is 15.3. The van der Waals surface area contributed by atoms with E-state index in [1.54, 1.807) is 4.90 Å². The number of hydrogen-bond acceptors (Lipinski definition) is 3. The highest BCUT2D eigenvalue weighted by Gasteiger charge is 2.27. The van der Waals surface area contributed by atoms with Gasteiger partial charge in [0, 0.05) is 18.8 Å². The summed E-state index contributed by atoms with van der Waals surface area (Å²) in [5, 5.41) is 5.18. The monoisotopic (exact) mass is 356 g/mol. The maximum Gasteiger partial charge on any atom is 0.282 e. The maximum absolute atomic E-state index is 12.6. The highest BCUT2D eigenvalue weighted by molar-refractivity contribution is 5.96. The van der Waals surface area contributed by atoms with E-state index in [1.165, 1.54) is 0 Å². The van der Waals surface area contributed by atoms with Gasteiger partial charge in [-0.3, -0.25) is 9.59 Å². The van der Waals surface area contributed by atoms with Crippen LogP contribution in [0.1, 0.15) is 6.92 Å². The molecule has 2 N–H and O–H groups in total. The van der Waals surface area contributed by atoms with Crippen LogP contribution >= 0.6 is 0 Å². The minimum absolute atomic E-state index is 0.0659. The summed E-state index contributed by atoms with van der Waals surface area (Å²) in [7, 11) is 1.88. The van der Waals surface area contributed by atoms with Crippen LogP contribution in [0.15, 0.2) is 42.5 Å². The molecule has 2 aromatic rings. The average molecular weight is 356 g/mol. The summed E-state index contributed by atoms with van der Waals surface area (Å²) in [4.78, 5) is 27.6. The minimum Gasteiger partial charge on any atom is -0.378 e. The van der Waals surface area contributed by atoms with E-state index in [1.807, 2.05) is 56.4 Å². The standard InChI is InChI=1S/C20H25N3O3/c1-15(22(2)14-19(24)23-9-11-26-12-10-23)20(25)21-18-8-7-16-5-3-4-6-17(16)13-18/h3-8,13,15H,9-12,14H2,1-2H3,(H,21,25)/p+1/t15-/m1/s1. The fourth-order valence-electron chi connectivity index (χ4n) is 3.06. The van der Waals surface area contributed by atoms with E-state index in [0.29, 0.717) is 32.8 Å². The molecule has 6 heteroatoms. The molecule has 0 spiro atoms. The van der Waals surface area contributed by atoms with Gasteiger partial charge in [0.2, 0.25) is 0 Å². The van der Waals surface area contributed by atoms with E-state index in [0.717, 1.165) is 21.4 Å². The van der Waals surface area contributed by atoms with Gasteiger partial charge in [0.25, 0.3) is 11.8 Å². The molecule has 3 rings (SSSR count). The lowest BCUT2D eigenvalue weighted by Crippen LogP contribution is -3.15. The van der Waals surface area contributed by atoms with Crippen molar-refractivity contribution in [1.29, 1.82) is 0 Å². The molecule has 1 saturated heterocycles. The second-order valence-electron chi connectivity index (χ2n) is 6.79. The highest BCUT2D eigenvalue weighted by Crippen LogP contribution is 2.18. The summed E-state index contributed by atoms with van der Waals surface area (Å²) in [6.07, 6.45) is 0. The predicted octanol–water partition coefficient (Wildman–Crippen LogP) is 0.540. The smallest absolute Gasteiger partial charge is 0.282 e. The largest absolute Gasteiger partial charge is 0.378 e. The second kappa shape index (κ2) is 8.29. The Hall–Kier alpha value is -2.44. The molecule has 0 aliphatic carbocycles. The van der Waals surface area contributed by atoms with Gasteiger partial charge in [0.15, 0.2) is 12.6 Å². The number of rotatable bonds is 5. The van der Waals surface area contributed by atoms with E-state index in [-0.39, 0.29) is 17.9 Å². The van der Waals surface area contributed by atoms with Crippen LogP contribution in [-0.2, 0) is 14.3 Å². The molecule has 2 aromatic carbocycles. The SMILES string of the molecule is C[C@H](C(=O)Nc1ccc2ccccc2c1)[NH+](C)CC(=O)N1CCOCC1. The van der Waals surface area contributed by atoms with Crippen molar-refractivity contribution in [3.63, 3.8) is 0 Å². The molecule has 2 atom stereocenters. The van der Waals surface area contributed by atoms with Crippen molar-refractivity contribution in [2.24, 2.45) is 0 Å².